The van der Waals surface area contributed by atoms with Crippen molar-refractivity contribution in [1.29, 1.82) is 0 Å². The molecule has 2 rings (SSSR count). The van der Waals surface area contributed by atoms with Gasteiger partial charge < -0.3 is 18.9 Å². The number of para-hydroxylation sites is 1. The minimum Gasteiger partial charge on any atom is -0.490 e. The summed E-state index contributed by atoms with van der Waals surface area (Å²) in [6.45, 7) is 8.16. The maximum absolute atomic E-state index is 13.2. The second-order valence-corrected chi connectivity index (χ2v) is 9.22. The molecule has 0 spiro atoms. The highest BCUT2D eigenvalue weighted by Gasteiger charge is 2.37. The predicted molar refractivity (Wildman–Crippen MR) is 127 cm³/mol. The zero-order valence-electron chi connectivity index (χ0n) is 20.0. The van der Waals surface area contributed by atoms with E-state index in [1.54, 1.807) is 39.0 Å². The molecule has 35 heavy (non-hydrogen) atoms. The standard InChI is InChI=1S/C24H27BrF3NO6/c1-6-7-13-32-20-16(21(30)33-15-11-9-8-10-12-15)14(2)19(34-24(26,27)28)17(25)18(20)29-22(31)35-23(3,4)5/h8-12H,6-7,13H2,1-5H3,(H,29,31). The lowest BCUT2D eigenvalue weighted by Gasteiger charge is -2.24. The molecule has 192 valence electrons. The molecule has 11 heteroatoms. The molecule has 0 aliphatic heterocycles. The highest BCUT2D eigenvalue weighted by molar-refractivity contribution is 9.10. The first-order chi connectivity index (χ1) is 16.2. The minimum atomic E-state index is -5.08. The summed E-state index contributed by atoms with van der Waals surface area (Å²) in [5, 5.41) is 2.39. The molecule has 0 aromatic heterocycles. The molecular formula is C24H27BrF3NO6. The first-order valence-electron chi connectivity index (χ1n) is 10.7. The van der Waals surface area contributed by atoms with Crippen LogP contribution in [0.4, 0.5) is 23.7 Å². The SMILES string of the molecule is CCCCOc1c(NC(=O)OC(C)(C)C)c(Br)c(OC(F)(F)F)c(C)c1C(=O)Oc1ccccc1. The van der Waals surface area contributed by atoms with Crippen LogP contribution in [-0.4, -0.2) is 30.6 Å². The lowest BCUT2D eigenvalue weighted by molar-refractivity contribution is -0.275. The van der Waals surface area contributed by atoms with E-state index in [2.05, 4.69) is 26.0 Å². The smallest absolute Gasteiger partial charge is 0.490 e. The molecule has 0 bridgehead atoms. The van der Waals surface area contributed by atoms with Crippen LogP contribution in [0.15, 0.2) is 34.8 Å². The lowest BCUT2D eigenvalue weighted by atomic mass is 10.0. The molecule has 1 amide bonds. The van der Waals surface area contributed by atoms with Crippen LogP contribution in [0.3, 0.4) is 0 Å². The third kappa shape index (κ3) is 8.34. The molecular weight excluding hydrogens is 535 g/mol. The van der Waals surface area contributed by atoms with Gasteiger partial charge in [0.1, 0.15) is 28.4 Å². The first-order valence-corrected chi connectivity index (χ1v) is 11.5. The van der Waals surface area contributed by atoms with Gasteiger partial charge in [-0.25, -0.2) is 9.59 Å². The van der Waals surface area contributed by atoms with E-state index in [1.165, 1.54) is 19.1 Å². The zero-order chi connectivity index (χ0) is 26.4. The Hall–Kier alpha value is -2.95. The van der Waals surface area contributed by atoms with Crippen molar-refractivity contribution in [3.8, 4) is 17.2 Å². The number of hydrogen-bond acceptors (Lipinski definition) is 6. The van der Waals surface area contributed by atoms with Crippen molar-refractivity contribution in [2.45, 2.75) is 59.4 Å². The minimum absolute atomic E-state index is 0.121. The summed E-state index contributed by atoms with van der Waals surface area (Å²) in [4.78, 5) is 25.7. The second kappa shape index (κ2) is 11.7. The van der Waals surface area contributed by atoms with Crippen LogP contribution in [0.25, 0.3) is 0 Å². The number of ether oxygens (including phenoxy) is 4. The Labute approximate surface area is 210 Å². The van der Waals surface area contributed by atoms with E-state index in [1.807, 2.05) is 6.92 Å². The van der Waals surface area contributed by atoms with Crippen LogP contribution in [0.5, 0.6) is 17.2 Å². The fraction of sp³-hybridized carbons (Fsp3) is 0.417. The van der Waals surface area contributed by atoms with Crippen LogP contribution < -0.4 is 19.5 Å². The van der Waals surface area contributed by atoms with Gasteiger partial charge in [-0.05, 0) is 62.2 Å². The summed E-state index contributed by atoms with van der Waals surface area (Å²) in [5.74, 6) is -1.73. The number of halogens is 4. The number of carbonyl (C=O) groups excluding carboxylic acids is 2. The Morgan fingerprint density at radius 2 is 1.69 bits per heavy atom. The van der Waals surface area contributed by atoms with E-state index < -0.39 is 29.8 Å². The molecule has 2 aromatic carbocycles. The van der Waals surface area contributed by atoms with E-state index in [9.17, 15) is 22.8 Å². The Kier molecular flexibility index (Phi) is 9.42. The molecule has 0 atom stereocenters. The third-order valence-electron chi connectivity index (χ3n) is 4.33. The predicted octanol–water partition coefficient (Wildman–Crippen LogP) is 7.40. The molecule has 0 heterocycles. The number of rotatable bonds is 8. The topological polar surface area (TPSA) is 83.1 Å². The summed E-state index contributed by atoms with van der Waals surface area (Å²) in [7, 11) is 0. The number of amides is 1. The monoisotopic (exact) mass is 561 g/mol. The second-order valence-electron chi connectivity index (χ2n) is 8.43. The number of alkyl halides is 3. The van der Waals surface area contributed by atoms with Crippen molar-refractivity contribution >= 4 is 33.7 Å². The highest BCUT2D eigenvalue weighted by Crippen LogP contribution is 2.48. The fourth-order valence-corrected chi connectivity index (χ4v) is 3.55. The van der Waals surface area contributed by atoms with Gasteiger partial charge in [0.2, 0.25) is 0 Å². The van der Waals surface area contributed by atoms with E-state index in [0.717, 1.165) is 6.42 Å². The highest BCUT2D eigenvalue weighted by atomic mass is 79.9. The number of benzene rings is 2. The van der Waals surface area contributed by atoms with E-state index in [4.69, 9.17) is 14.2 Å². The summed E-state index contributed by atoms with van der Waals surface area (Å²) in [6.07, 6.45) is -4.73. The van der Waals surface area contributed by atoms with Gasteiger partial charge in [0.15, 0.2) is 5.75 Å². The molecule has 7 nitrogen and oxygen atoms in total. The van der Waals surface area contributed by atoms with Crippen LogP contribution in [0.1, 0.15) is 56.5 Å². The van der Waals surface area contributed by atoms with Gasteiger partial charge in [0.05, 0.1) is 11.1 Å². The Morgan fingerprint density at radius 1 is 1.06 bits per heavy atom. The average molecular weight is 562 g/mol. The summed E-state index contributed by atoms with van der Waals surface area (Å²) >= 11 is 3.08. The molecule has 0 aliphatic rings. The number of anilines is 1. The van der Waals surface area contributed by atoms with Crippen molar-refractivity contribution in [1.82, 2.24) is 0 Å². The maximum atomic E-state index is 13.2. The molecule has 0 aliphatic carbocycles. The van der Waals surface area contributed by atoms with Gasteiger partial charge in [0, 0.05) is 5.56 Å². The molecule has 0 unspecified atom stereocenters. The van der Waals surface area contributed by atoms with Crippen molar-refractivity contribution < 1.29 is 41.7 Å². The molecule has 0 radical (unpaired) electrons. The molecule has 2 aromatic rings. The zero-order valence-corrected chi connectivity index (χ0v) is 21.6. The Bertz CT molecular complexity index is 1050. The number of nitrogens with one attached hydrogen (secondary N) is 1. The summed E-state index contributed by atoms with van der Waals surface area (Å²) < 4.78 is 60.1. The molecule has 0 saturated carbocycles. The molecule has 0 fully saturated rings. The molecule has 1 N–H and O–H groups in total. The van der Waals surface area contributed by atoms with E-state index in [-0.39, 0.29) is 39.4 Å². The van der Waals surface area contributed by atoms with Crippen molar-refractivity contribution in [2.75, 3.05) is 11.9 Å². The fourth-order valence-electron chi connectivity index (χ4n) is 2.90. The largest absolute Gasteiger partial charge is 0.573 e. The lowest BCUT2D eigenvalue weighted by Crippen LogP contribution is -2.28. The average Bonchev–Trinajstić information content (AvgIpc) is 2.72. The van der Waals surface area contributed by atoms with Crippen LogP contribution in [0, 0.1) is 6.92 Å². The first kappa shape index (κ1) is 28.3. The van der Waals surface area contributed by atoms with E-state index in [0.29, 0.717) is 6.42 Å². The van der Waals surface area contributed by atoms with Gasteiger partial charge >= 0.3 is 18.4 Å². The number of esters is 1. The number of hydrogen-bond donors (Lipinski definition) is 1. The maximum Gasteiger partial charge on any atom is 0.573 e. The van der Waals surface area contributed by atoms with Crippen LogP contribution in [-0.2, 0) is 4.74 Å². The van der Waals surface area contributed by atoms with Crippen molar-refractivity contribution in [2.24, 2.45) is 0 Å². The number of carbonyl (C=O) groups is 2. The number of unbranched alkanes of at least 4 members (excludes halogenated alkanes) is 1. The Balaban J connectivity index is 2.71. The van der Waals surface area contributed by atoms with Crippen LogP contribution in [0.2, 0.25) is 0 Å². The van der Waals surface area contributed by atoms with Gasteiger partial charge in [-0.2, -0.15) is 0 Å². The summed E-state index contributed by atoms with van der Waals surface area (Å²) in [6, 6.07) is 7.99. The molecule has 0 saturated heterocycles. The third-order valence-corrected chi connectivity index (χ3v) is 5.09. The van der Waals surface area contributed by atoms with Gasteiger partial charge in [-0.1, -0.05) is 31.5 Å². The van der Waals surface area contributed by atoms with E-state index >= 15 is 0 Å². The van der Waals surface area contributed by atoms with Crippen molar-refractivity contribution in [3.05, 3.63) is 45.9 Å². The van der Waals surface area contributed by atoms with Gasteiger partial charge in [-0.15, -0.1) is 13.2 Å². The Morgan fingerprint density at radius 3 is 2.23 bits per heavy atom. The summed E-state index contributed by atoms with van der Waals surface area (Å²) in [5.41, 5.74) is -1.69. The normalized spacial score (nSPS) is 11.6. The van der Waals surface area contributed by atoms with Crippen molar-refractivity contribution in [3.63, 3.8) is 0 Å². The quantitative estimate of drug-likeness (QED) is 0.205. The van der Waals surface area contributed by atoms with Crippen LogP contribution >= 0.6 is 15.9 Å². The van der Waals surface area contributed by atoms with Gasteiger partial charge in [-0.3, -0.25) is 5.32 Å². The van der Waals surface area contributed by atoms with Gasteiger partial charge in [0.25, 0.3) is 0 Å².